The van der Waals surface area contributed by atoms with Gasteiger partial charge >= 0.3 is 5.97 Å². The first kappa shape index (κ1) is 10.4. The standard InChI is InChI=1S/C12H11NO3/c1-8-7-10(14)11(12(15)16-2)9-5-3-4-6-13(8)9/h3-7H,1-2H3. The van der Waals surface area contributed by atoms with Crippen LogP contribution in [0, 0.1) is 6.92 Å². The number of carbonyl (C=O) groups excluding carboxylic acids is 1. The van der Waals surface area contributed by atoms with Crippen LogP contribution in [-0.2, 0) is 4.74 Å². The van der Waals surface area contributed by atoms with Gasteiger partial charge in [0.2, 0.25) is 0 Å². The molecule has 0 aliphatic carbocycles. The molecule has 0 atom stereocenters. The summed E-state index contributed by atoms with van der Waals surface area (Å²) < 4.78 is 6.40. The molecule has 0 aromatic carbocycles. The van der Waals surface area contributed by atoms with Crippen molar-refractivity contribution in [2.24, 2.45) is 0 Å². The number of aromatic nitrogens is 1. The lowest BCUT2D eigenvalue weighted by atomic mass is 10.1. The summed E-state index contributed by atoms with van der Waals surface area (Å²) in [4.78, 5) is 23.3. The van der Waals surface area contributed by atoms with Gasteiger partial charge in [0.25, 0.3) is 0 Å². The van der Waals surface area contributed by atoms with Crippen molar-refractivity contribution < 1.29 is 9.53 Å². The molecule has 0 N–H and O–H groups in total. The zero-order chi connectivity index (χ0) is 11.7. The van der Waals surface area contributed by atoms with Crippen LogP contribution in [0.3, 0.4) is 0 Å². The quantitative estimate of drug-likeness (QED) is 0.678. The van der Waals surface area contributed by atoms with Crippen LogP contribution >= 0.6 is 0 Å². The minimum absolute atomic E-state index is 0.0775. The molecule has 0 spiro atoms. The predicted octanol–water partition coefficient (Wildman–Crippen LogP) is 1.39. The summed E-state index contributed by atoms with van der Waals surface area (Å²) in [6.07, 6.45) is 1.80. The van der Waals surface area contributed by atoms with Crippen LogP contribution in [0.15, 0.2) is 35.3 Å². The van der Waals surface area contributed by atoms with Gasteiger partial charge in [-0.3, -0.25) is 4.79 Å². The van der Waals surface area contributed by atoms with E-state index in [9.17, 15) is 9.59 Å². The fraction of sp³-hybridized carbons (Fsp3) is 0.167. The number of rotatable bonds is 1. The molecular formula is C12H11NO3. The SMILES string of the molecule is COC(=O)c1c(=O)cc(C)n2ccccc12. The number of hydrogen-bond acceptors (Lipinski definition) is 3. The molecule has 82 valence electrons. The van der Waals surface area contributed by atoms with E-state index in [1.165, 1.54) is 13.2 Å². The topological polar surface area (TPSA) is 47.8 Å². The predicted molar refractivity (Wildman–Crippen MR) is 59.7 cm³/mol. The number of fused-ring (bicyclic) bond motifs is 1. The number of esters is 1. The number of methoxy groups -OCH3 is 1. The first-order chi connectivity index (χ1) is 7.65. The summed E-state index contributed by atoms with van der Waals surface area (Å²) in [5, 5.41) is 0. The highest BCUT2D eigenvalue weighted by molar-refractivity contribution is 5.96. The van der Waals surface area contributed by atoms with Crippen LogP contribution in [0.25, 0.3) is 5.52 Å². The lowest BCUT2D eigenvalue weighted by Crippen LogP contribution is -2.19. The fourth-order valence-corrected chi connectivity index (χ4v) is 1.72. The van der Waals surface area contributed by atoms with E-state index in [1.807, 2.05) is 13.0 Å². The van der Waals surface area contributed by atoms with Crippen LogP contribution in [0.2, 0.25) is 0 Å². The van der Waals surface area contributed by atoms with Crippen molar-refractivity contribution in [3.05, 3.63) is 51.9 Å². The lowest BCUT2D eigenvalue weighted by molar-refractivity contribution is 0.0601. The van der Waals surface area contributed by atoms with Gasteiger partial charge in [0.1, 0.15) is 5.56 Å². The van der Waals surface area contributed by atoms with Gasteiger partial charge in [-0.05, 0) is 19.1 Å². The van der Waals surface area contributed by atoms with E-state index in [-0.39, 0.29) is 11.0 Å². The molecule has 0 unspecified atom stereocenters. The average Bonchev–Trinajstić information content (AvgIpc) is 2.28. The number of nitrogens with zero attached hydrogens (tertiary/aromatic N) is 1. The van der Waals surface area contributed by atoms with E-state index in [4.69, 9.17) is 0 Å². The molecule has 0 amide bonds. The maximum atomic E-state index is 11.7. The molecule has 0 aliphatic rings. The number of carbonyl (C=O) groups is 1. The Hall–Kier alpha value is -2.10. The van der Waals surface area contributed by atoms with E-state index in [0.29, 0.717) is 5.52 Å². The summed E-state index contributed by atoms with van der Waals surface area (Å²) in [6.45, 7) is 1.81. The van der Waals surface area contributed by atoms with Crippen molar-refractivity contribution in [1.82, 2.24) is 4.40 Å². The molecule has 0 radical (unpaired) electrons. The monoisotopic (exact) mass is 217 g/mol. The second-order valence-corrected chi connectivity index (χ2v) is 3.47. The molecule has 0 aliphatic heterocycles. The van der Waals surface area contributed by atoms with E-state index >= 15 is 0 Å². The first-order valence-electron chi connectivity index (χ1n) is 4.84. The minimum atomic E-state index is -0.603. The Labute approximate surface area is 92.1 Å². The van der Waals surface area contributed by atoms with Gasteiger partial charge in [0, 0.05) is 18.0 Å². The molecule has 2 heterocycles. The highest BCUT2D eigenvalue weighted by Gasteiger charge is 2.15. The van der Waals surface area contributed by atoms with E-state index in [2.05, 4.69) is 4.74 Å². The van der Waals surface area contributed by atoms with Gasteiger partial charge in [-0.25, -0.2) is 4.79 Å². The smallest absolute Gasteiger partial charge is 0.344 e. The van der Waals surface area contributed by atoms with Crippen molar-refractivity contribution in [3.63, 3.8) is 0 Å². The maximum Gasteiger partial charge on any atom is 0.344 e. The van der Waals surface area contributed by atoms with Gasteiger partial charge in [-0.2, -0.15) is 0 Å². The number of hydrogen-bond donors (Lipinski definition) is 0. The Bertz CT molecular complexity index is 613. The van der Waals surface area contributed by atoms with E-state index < -0.39 is 5.97 Å². The molecule has 4 heteroatoms. The summed E-state index contributed by atoms with van der Waals surface area (Å²) in [6, 6.07) is 6.77. The minimum Gasteiger partial charge on any atom is -0.465 e. The van der Waals surface area contributed by atoms with Crippen molar-refractivity contribution in [3.8, 4) is 0 Å². The largest absolute Gasteiger partial charge is 0.465 e. The van der Waals surface area contributed by atoms with Gasteiger partial charge in [0.15, 0.2) is 5.43 Å². The van der Waals surface area contributed by atoms with Crippen LogP contribution in [0.4, 0.5) is 0 Å². The summed E-state index contributed by atoms with van der Waals surface area (Å²) >= 11 is 0. The summed E-state index contributed by atoms with van der Waals surface area (Å²) in [5.41, 5.74) is 1.12. The van der Waals surface area contributed by atoms with Gasteiger partial charge in [0.05, 0.1) is 12.6 Å². The third-order valence-corrected chi connectivity index (χ3v) is 2.47. The normalized spacial score (nSPS) is 10.4. The highest BCUT2D eigenvalue weighted by Crippen LogP contribution is 2.10. The van der Waals surface area contributed by atoms with Gasteiger partial charge < -0.3 is 9.14 Å². The molecule has 2 aromatic rings. The van der Waals surface area contributed by atoms with Crippen molar-refractivity contribution in [2.45, 2.75) is 6.92 Å². The Morgan fingerprint density at radius 2 is 2.12 bits per heavy atom. The van der Waals surface area contributed by atoms with E-state index in [1.54, 1.807) is 22.7 Å². The second kappa shape index (κ2) is 3.81. The number of ether oxygens (including phenoxy) is 1. The first-order valence-corrected chi connectivity index (χ1v) is 4.84. The van der Waals surface area contributed by atoms with Crippen LogP contribution in [0.1, 0.15) is 16.1 Å². The van der Waals surface area contributed by atoms with Gasteiger partial charge in [-0.15, -0.1) is 0 Å². The lowest BCUT2D eigenvalue weighted by Gasteiger charge is -2.08. The number of pyridine rings is 2. The van der Waals surface area contributed by atoms with Crippen molar-refractivity contribution >= 4 is 11.5 Å². The third-order valence-electron chi connectivity index (χ3n) is 2.47. The molecule has 16 heavy (non-hydrogen) atoms. The third kappa shape index (κ3) is 1.48. The fourth-order valence-electron chi connectivity index (χ4n) is 1.72. The van der Waals surface area contributed by atoms with Crippen LogP contribution in [-0.4, -0.2) is 17.5 Å². The second-order valence-electron chi connectivity index (χ2n) is 3.47. The Morgan fingerprint density at radius 3 is 2.81 bits per heavy atom. The number of aryl methyl sites for hydroxylation is 1. The molecule has 0 bridgehead atoms. The Balaban J connectivity index is 2.92. The molecular weight excluding hydrogens is 206 g/mol. The van der Waals surface area contributed by atoms with Crippen molar-refractivity contribution in [1.29, 1.82) is 0 Å². The van der Waals surface area contributed by atoms with E-state index in [0.717, 1.165) is 5.69 Å². The molecule has 0 saturated carbocycles. The maximum absolute atomic E-state index is 11.7. The zero-order valence-electron chi connectivity index (χ0n) is 9.06. The Morgan fingerprint density at radius 1 is 1.38 bits per heavy atom. The molecule has 2 aromatic heterocycles. The average molecular weight is 217 g/mol. The molecule has 4 nitrogen and oxygen atoms in total. The summed E-state index contributed by atoms with van der Waals surface area (Å²) in [7, 11) is 1.26. The highest BCUT2D eigenvalue weighted by atomic mass is 16.5. The molecule has 0 fully saturated rings. The Kier molecular flexibility index (Phi) is 2.48. The summed E-state index contributed by atoms with van der Waals surface area (Å²) in [5.74, 6) is -0.603. The zero-order valence-corrected chi connectivity index (χ0v) is 9.06. The van der Waals surface area contributed by atoms with Crippen LogP contribution in [0.5, 0.6) is 0 Å². The van der Waals surface area contributed by atoms with Crippen molar-refractivity contribution in [2.75, 3.05) is 7.11 Å². The van der Waals surface area contributed by atoms with Gasteiger partial charge in [-0.1, -0.05) is 6.07 Å². The molecule has 0 saturated heterocycles. The molecule has 2 rings (SSSR count). The van der Waals surface area contributed by atoms with Crippen LogP contribution < -0.4 is 5.43 Å².